The first-order chi connectivity index (χ1) is 9.63. The molecule has 0 unspecified atom stereocenters. The molecule has 0 aliphatic carbocycles. The quantitative estimate of drug-likeness (QED) is 0.847. The SMILES string of the molecule is CN(C)/C=C/c1ccn(-c2ccccn2)c(=O)c1C#N. The molecule has 0 atom stereocenters. The lowest BCUT2D eigenvalue weighted by Crippen LogP contribution is -2.22. The second kappa shape index (κ2) is 5.85. The van der Waals surface area contributed by atoms with Crippen LogP contribution in [0, 0.1) is 11.3 Å². The predicted octanol–water partition coefficient (Wildman–Crippen LogP) is 1.64. The van der Waals surface area contributed by atoms with Crippen LogP contribution in [-0.2, 0) is 0 Å². The number of rotatable bonds is 3. The Balaban J connectivity index is 2.56. The van der Waals surface area contributed by atoms with E-state index in [-0.39, 0.29) is 11.1 Å². The number of aromatic nitrogens is 2. The molecule has 5 nitrogen and oxygen atoms in total. The summed E-state index contributed by atoms with van der Waals surface area (Å²) < 4.78 is 1.37. The van der Waals surface area contributed by atoms with Crippen LogP contribution < -0.4 is 5.56 Å². The summed E-state index contributed by atoms with van der Waals surface area (Å²) >= 11 is 0. The zero-order valence-electron chi connectivity index (χ0n) is 11.3. The van der Waals surface area contributed by atoms with E-state index in [4.69, 9.17) is 0 Å². The van der Waals surface area contributed by atoms with Crippen LogP contribution in [0.1, 0.15) is 11.1 Å². The van der Waals surface area contributed by atoms with Gasteiger partial charge in [-0.1, -0.05) is 6.07 Å². The monoisotopic (exact) mass is 266 g/mol. The zero-order valence-corrected chi connectivity index (χ0v) is 11.3. The standard InChI is InChI=1S/C15H14N4O/c1-18(2)9-6-12-7-10-19(15(20)13(12)11-16)14-5-3-4-8-17-14/h3-10H,1-2H3/b9-6+. The van der Waals surface area contributed by atoms with Gasteiger partial charge >= 0.3 is 0 Å². The molecule has 0 N–H and O–H groups in total. The van der Waals surface area contributed by atoms with Gasteiger partial charge in [-0.25, -0.2) is 4.98 Å². The summed E-state index contributed by atoms with van der Waals surface area (Å²) in [4.78, 5) is 18.3. The molecule has 0 fully saturated rings. The Labute approximate surface area is 117 Å². The van der Waals surface area contributed by atoms with Gasteiger partial charge in [0.2, 0.25) is 0 Å². The van der Waals surface area contributed by atoms with Crippen molar-refractivity contribution in [2.24, 2.45) is 0 Å². The molecule has 5 heteroatoms. The van der Waals surface area contributed by atoms with Gasteiger partial charge in [0.25, 0.3) is 5.56 Å². The molecular weight excluding hydrogens is 252 g/mol. The number of nitrogens with zero attached hydrogens (tertiary/aromatic N) is 4. The lowest BCUT2D eigenvalue weighted by atomic mass is 10.1. The molecule has 0 aliphatic rings. The highest BCUT2D eigenvalue weighted by Crippen LogP contribution is 2.08. The first-order valence-electron chi connectivity index (χ1n) is 6.05. The maximum absolute atomic E-state index is 12.3. The van der Waals surface area contributed by atoms with Crippen molar-refractivity contribution in [3.8, 4) is 11.9 Å². The van der Waals surface area contributed by atoms with Crippen LogP contribution in [0.25, 0.3) is 11.9 Å². The topological polar surface area (TPSA) is 61.9 Å². The summed E-state index contributed by atoms with van der Waals surface area (Å²) in [6.07, 6.45) is 6.76. The van der Waals surface area contributed by atoms with Crippen LogP contribution in [0.4, 0.5) is 0 Å². The first-order valence-corrected chi connectivity index (χ1v) is 6.05. The van der Waals surface area contributed by atoms with Crippen molar-refractivity contribution in [1.29, 1.82) is 5.26 Å². The van der Waals surface area contributed by atoms with Gasteiger partial charge in [-0.3, -0.25) is 9.36 Å². The molecular formula is C15H14N4O. The molecule has 0 spiro atoms. The van der Waals surface area contributed by atoms with Gasteiger partial charge in [-0.2, -0.15) is 5.26 Å². The molecule has 0 saturated carbocycles. The van der Waals surface area contributed by atoms with Crippen LogP contribution in [-0.4, -0.2) is 28.5 Å². The van der Waals surface area contributed by atoms with E-state index < -0.39 is 0 Å². The van der Waals surface area contributed by atoms with E-state index in [1.54, 1.807) is 48.9 Å². The summed E-state index contributed by atoms with van der Waals surface area (Å²) in [6, 6.07) is 8.98. The summed E-state index contributed by atoms with van der Waals surface area (Å²) in [5, 5.41) is 9.20. The summed E-state index contributed by atoms with van der Waals surface area (Å²) in [5.74, 6) is 0.497. The van der Waals surface area contributed by atoms with E-state index in [0.29, 0.717) is 11.4 Å². The van der Waals surface area contributed by atoms with E-state index in [2.05, 4.69) is 4.98 Å². The summed E-state index contributed by atoms with van der Waals surface area (Å²) in [6.45, 7) is 0. The maximum Gasteiger partial charge on any atom is 0.274 e. The number of nitriles is 1. The summed E-state index contributed by atoms with van der Waals surface area (Å²) in [7, 11) is 3.75. The molecule has 2 rings (SSSR count). The molecule has 0 aromatic carbocycles. The van der Waals surface area contributed by atoms with E-state index in [1.807, 2.05) is 25.1 Å². The van der Waals surface area contributed by atoms with Crippen molar-refractivity contribution < 1.29 is 0 Å². The minimum atomic E-state index is -0.368. The van der Waals surface area contributed by atoms with Crippen molar-refractivity contribution in [1.82, 2.24) is 14.5 Å². The molecule has 0 amide bonds. The van der Waals surface area contributed by atoms with Crippen molar-refractivity contribution in [3.05, 3.63) is 64.3 Å². The predicted molar refractivity (Wildman–Crippen MR) is 77.3 cm³/mol. The average Bonchev–Trinajstić information content (AvgIpc) is 2.46. The minimum absolute atomic E-state index is 0.108. The van der Waals surface area contributed by atoms with Gasteiger partial charge < -0.3 is 4.90 Å². The van der Waals surface area contributed by atoms with Crippen LogP contribution in [0.5, 0.6) is 0 Å². The van der Waals surface area contributed by atoms with Gasteiger partial charge in [0.1, 0.15) is 17.5 Å². The lowest BCUT2D eigenvalue weighted by Gasteiger charge is -2.07. The van der Waals surface area contributed by atoms with Gasteiger partial charge in [0.05, 0.1) is 0 Å². The van der Waals surface area contributed by atoms with Crippen LogP contribution in [0.2, 0.25) is 0 Å². The van der Waals surface area contributed by atoms with E-state index in [1.165, 1.54) is 4.57 Å². The van der Waals surface area contributed by atoms with Crippen LogP contribution in [0.15, 0.2) is 47.7 Å². The third-order valence-electron chi connectivity index (χ3n) is 2.68. The molecule has 0 bridgehead atoms. The van der Waals surface area contributed by atoms with E-state index in [9.17, 15) is 10.1 Å². The zero-order chi connectivity index (χ0) is 14.5. The number of hydrogen-bond acceptors (Lipinski definition) is 4. The van der Waals surface area contributed by atoms with Gasteiger partial charge in [-0.15, -0.1) is 0 Å². The molecule has 0 saturated heterocycles. The highest BCUT2D eigenvalue weighted by atomic mass is 16.1. The molecule has 0 radical (unpaired) electrons. The Morgan fingerprint density at radius 1 is 1.35 bits per heavy atom. The maximum atomic E-state index is 12.3. The minimum Gasteiger partial charge on any atom is -0.383 e. The van der Waals surface area contributed by atoms with Crippen molar-refractivity contribution in [2.75, 3.05) is 14.1 Å². The normalized spacial score (nSPS) is 10.4. The van der Waals surface area contributed by atoms with Gasteiger partial charge in [0, 0.05) is 32.1 Å². The Hall–Kier alpha value is -2.87. The third kappa shape index (κ3) is 2.75. The fraction of sp³-hybridized carbons (Fsp3) is 0.133. The Kier molecular flexibility index (Phi) is 3.96. The third-order valence-corrected chi connectivity index (χ3v) is 2.68. The Morgan fingerprint density at radius 2 is 2.15 bits per heavy atom. The second-order valence-corrected chi connectivity index (χ2v) is 4.40. The van der Waals surface area contributed by atoms with E-state index in [0.717, 1.165) is 0 Å². The van der Waals surface area contributed by atoms with E-state index >= 15 is 0 Å². The molecule has 2 heterocycles. The molecule has 100 valence electrons. The van der Waals surface area contributed by atoms with Crippen molar-refractivity contribution in [2.45, 2.75) is 0 Å². The fourth-order valence-corrected chi connectivity index (χ4v) is 1.71. The molecule has 20 heavy (non-hydrogen) atoms. The Bertz CT molecular complexity index is 724. The highest BCUT2D eigenvalue weighted by Gasteiger charge is 2.09. The average molecular weight is 266 g/mol. The Morgan fingerprint density at radius 3 is 2.75 bits per heavy atom. The lowest BCUT2D eigenvalue weighted by molar-refractivity contribution is 0.567. The summed E-state index contributed by atoms with van der Waals surface area (Å²) in [5.41, 5.74) is 0.335. The molecule has 2 aromatic rings. The largest absolute Gasteiger partial charge is 0.383 e. The van der Waals surface area contributed by atoms with Crippen molar-refractivity contribution in [3.63, 3.8) is 0 Å². The first kappa shape index (κ1) is 13.6. The van der Waals surface area contributed by atoms with Crippen molar-refractivity contribution >= 4 is 6.08 Å². The molecule has 0 aliphatic heterocycles. The molecule has 2 aromatic heterocycles. The van der Waals surface area contributed by atoms with Gasteiger partial charge in [-0.05, 0) is 30.5 Å². The number of hydrogen-bond donors (Lipinski definition) is 0. The van der Waals surface area contributed by atoms with Crippen LogP contribution >= 0.6 is 0 Å². The number of pyridine rings is 2. The fourth-order valence-electron chi connectivity index (χ4n) is 1.71. The smallest absolute Gasteiger partial charge is 0.274 e. The second-order valence-electron chi connectivity index (χ2n) is 4.40. The van der Waals surface area contributed by atoms with Gasteiger partial charge in [0.15, 0.2) is 0 Å². The van der Waals surface area contributed by atoms with Crippen LogP contribution in [0.3, 0.4) is 0 Å². The highest BCUT2D eigenvalue weighted by molar-refractivity contribution is 5.57.